The van der Waals surface area contributed by atoms with Crippen molar-refractivity contribution in [2.24, 2.45) is 0 Å². The first-order valence-corrected chi connectivity index (χ1v) is 8.16. The second kappa shape index (κ2) is 8.43. The van der Waals surface area contributed by atoms with Crippen LogP contribution in [0.4, 0.5) is 0 Å². The highest BCUT2D eigenvalue weighted by Crippen LogP contribution is 2.35. The molecule has 0 aliphatic heterocycles. The van der Waals surface area contributed by atoms with Crippen LogP contribution >= 0.6 is 0 Å². The van der Waals surface area contributed by atoms with Crippen LogP contribution < -0.4 is 19.8 Å². The molecule has 0 atom stereocenters. The maximum Gasteiger partial charge on any atom is 0.383 e. The van der Waals surface area contributed by atoms with Gasteiger partial charge in [0.1, 0.15) is 11.3 Å². The van der Waals surface area contributed by atoms with Crippen LogP contribution in [0.1, 0.15) is 33.6 Å². The lowest BCUT2D eigenvalue weighted by Crippen LogP contribution is -2.12. The minimum atomic E-state index is -0.566. The zero-order chi connectivity index (χ0) is 17.5. The van der Waals surface area contributed by atoms with Gasteiger partial charge in [-0.2, -0.15) is 0 Å². The maximum atomic E-state index is 12.1. The Kier molecular flexibility index (Phi) is 6.29. The van der Waals surface area contributed by atoms with Crippen LogP contribution in [0.25, 0.3) is 11.0 Å². The zero-order valence-electron chi connectivity index (χ0n) is 14.6. The van der Waals surface area contributed by atoms with E-state index in [0.29, 0.717) is 29.1 Å². The lowest BCUT2D eigenvalue weighted by molar-refractivity contribution is 0.229. The minimum absolute atomic E-state index is 0.0783. The van der Waals surface area contributed by atoms with E-state index in [1.54, 1.807) is 6.07 Å². The molecule has 0 saturated heterocycles. The third kappa shape index (κ3) is 4.31. The molecule has 2 rings (SSSR count). The average molecular weight is 332 g/mol. The number of hydrogen-bond donors (Lipinski definition) is 0. The molecule has 2 aromatic rings. The van der Waals surface area contributed by atoms with Crippen molar-refractivity contribution in [1.29, 1.82) is 0 Å². The van der Waals surface area contributed by atoms with Crippen LogP contribution in [-0.2, 0) is 0 Å². The van der Waals surface area contributed by atoms with Gasteiger partial charge in [-0.25, -0.2) is 4.79 Å². The van der Waals surface area contributed by atoms with E-state index in [9.17, 15) is 4.79 Å². The molecular formula is C19H24O5. The molecule has 1 aromatic heterocycles. The molecule has 5 nitrogen and oxygen atoms in total. The van der Waals surface area contributed by atoms with Gasteiger partial charge in [0.25, 0.3) is 0 Å². The van der Waals surface area contributed by atoms with Gasteiger partial charge in [0.15, 0.2) is 5.75 Å². The predicted octanol–water partition coefficient (Wildman–Crippen LogP) is 4.32. The molecule has 0 aliphatic rings. The second-order valence-corrected chi connectivity index (χ2v) is 5.59. The molecule has 24 heavy (non-hydrogen) atoms. The molecular weight excluding hydrogens is 308 g/mol. The molecule has 0 amide bonds. The van der Waals surface area contributed by atoms with Gasteiger partial charge in [-0.05, 0) is 38.8 Å². The van der Waals surface area contributed by atoms with E-state index >= 15 is 0 Å². The average Bonchev–Trinajstić information content (AvgIpc) is 2.54. The van der Waals surface area contributed by atoms with E-state index in [1.807, 2.05) is 26.0 Å². The van der Waals surface area contributed by atoms with Crippen LogP contribution in [0, 0.1) is 0 Å². The monoisotopic (exact) mass is 332 g/mol. The number of fused-ring (bicyclic) bond motifs is 1. The van der Waals surface area contributed by atoms with Gasteiger partial charge < -0.3 is 18.6 Å². The Hall–Kier alpha value is -2.43. The summed E-state index contributed by atoms with van der Waals surface area (Å²) in [6.07, 6.45) is 5.94. The smallest absolute Gasteiger partial charge is 0.383 e. The van der Waals surface area contributed by atoms with E-state index in [2.05, 4.69) is 19.1 Å². The van der Waals surface area contributed by atoms with Gasteiger partial charge >= 0.3 is 5.63 Å². The molecule has 0 N–H and O–H groups in total. The fourth-order valence-corrected chi connectivity index (χ4v) is 2.28. The third-order valence-electron chi connectivity index (χ3n) is 3.31. The number of allylic oxidation sites excluding steroid dienone is 1. The van der Waals surface area contributed by atoms with E-state index in [1.165, 1.54) is 7.11 Å². The van der Waals surface area contributed by atoms with E-state index in [-0.39, 0.29) is 11.9 Å². The Morgan fingerprint density at radius 3 is 2.67 bits per heavy atom. The van der Waals surface area contributed by atoms with Crippen molar-refractivity contribution >= 4 is 11.0 Å². The Balaban J connectivity index is 2.32. The molecule has 1 aromatic carbocycles. The van der Waals surface area contributed by atoms with Crippen LogP contribution in [0.2, 0.25) is 0 Å². The van der Waals surface area contributed by atoms with Crippen molar-refractivity contribution in [3.8, 4) is 17.2 Å². The Labute approximate surface area is 141 Å². The summed E-state index contributed by atoms with van der Waals surface area (Å²) in [5.41, 5.74) is -0.151. The van der Waals surface area contributed by atoms with Gasteiger partial charge in [0.2, 0.25) is 5.75 Å². The third-order valence-corrected chi connectivity index (χ3v) is 3.31. The number of ether oxygens (including phenoxy) is 3. The van der Waals surface area contributed by atoms with Crippen LogP contribution in [0.15, 0.2) is 39.6 Å². The highest BCUT2D eigenvalue weighted by atomic mass is 16.5. The van der Waals surface area contributed by atoms with Crippen molar-refractivity contribution < 1.29 is 18.6 Å². The summed E-state index contributed by atoms with van der Waals surface area (Å²) in [5.74, 6) is 1.13. The Morgan fingerprint density at radius 2 is 2.00 bits per heavy atom. The number of rotatable bonds is 8. The SMILES string of the molecule is CC/C=C/CCOc1ccc2c(OC(C)C)c(OC)c(=O)oc2c1. The quantitative estimate of drug-likeness (QED) is 0.409. The van der Waals surface area contributed by atoms with Crippen LogP contribution in [-0.4, -0.2) is 19.8 Å². The van der Waals surface area contributed by atoms with Crippen molar-refractivity contribution in [2.45, 2.75) is 39.7 Å². The van der Waals surface area contributed by atoms with Gasteiger partial charge in [0.05, 0.1) is 25.2 Å². The number of benzene rings is 1. The summed E-state index contributed by atoms with van der Waals surface area (Å²) in [7, 11) is 1.42. The first-order valence-electron chi connectivity index (χ1n) is 8.16. The van der Waals surface area contributed by atoms with Crippen molar-refractivity contribution in [1.82, 2.24) is 0 Å². The van der Waals surface area contributed by atoms with Gasteiger partial charge in [-0.15, -0.1) is 0 Å². The van der Waals surface area contributed by atoms with Gasteiger partial charge in [-0.1, -0.05) is 19.1 Å². The molecule has 0 bridgehead atoms. The zero-order valence-corrected chi connectivity index (χ0v) is 14.6. The molecule has 1 heterocycles. The molecule has 130 valence electrons. The standard InChI is InChI=1S/C19H24O5/c1-5-6-7-8-11-22-14-9-10-15-16(12-14)24-19(20)18(21-4)17(15)23-13(2)3/h6-7,9-10,12-13H,5,8,11H2,1-4H3/b7-6+. The Morgan fingerprint density at radius 1 is 1.21 bits per heavy atom. The van der Waals surface area contributed by atoms with Crippen molar-refractivity contribution in [3.05, 3.63) is 40.8 Å². The van der Waals surface area contributed by atoms with Crippen molar-refractivity contribution in [2.75, 3.05) is 13.7 Å². The molecule has 5 heteroatoms. The number of methoxy groups -OCH3 is 1. The summed E-state index contributed by atoms with van der Waals surface area (Å²) < 4.78 is 21.9. The summed E-state index contributed by atoms with van der Waals surface area (Å²) in [6, 6.07) is 5.35. The van der Waals surface area contributed by atoms with Gasteiger partial charge in [-0.3, -0.25) is 0 Å². The lowest BCUT2D eigenvalue weighted by atomic mass is 10.2. The van der Waals surface area contributed by atoms with E-state index in [4.69, 9.17) is 18.6 Å². The fraction of sp³-hybridized carbons (Fsp3) is 0.421. The highest BCUT2D eigenvalue weighted by Gasteiger charge is 2.18. The Bertz CT molecular complexity index is 758. The van der Waals surface area contributed by atoms with Crippen molar-refractivity contribution in [3.63, 3.8) is 0 Å². The summed E-state index contributed by atoms with van der Waals surface area (Å²) in [4.78, 5) is 12.1. The second-order valence-electron chi connectivity index (χ2n) is 5.59. The van der Waals surface area contributed by atoms with E-state index < -0.39 is 5.63 Å². The minimum Gasteiger partial charge on any atom is -0.493 e. The molecule has 0 unspecified atom stereocenters. The molecule has 0 fully saturated rings. The van der Waals surface area contributed by atoms with E-state index in [0.717, 1.165) is 12.8 Å². The summed E-state index contributed by atoms with van der Waals surface area (Å²) in [5, 5.41) is 0.679. The summed E-state index contributed by atoms with van der Waals surface area (Å²) in [6.45, 7) is 6.44. The molecule has 0 radical (unpaired) electrons. The largest absolute Gasteiger partial charge is 0.493 e. The molecule has 0 saturated carbocycles. The highest BCUT2D eigenvalue weighted by molar-refractivity contribution is 5.86. The molecule has 0 aliphatic carbocycles. The fourth-order valence-electron chi connectivity index (χ4n) is 2.28. The maximum absolute atomic E-state index is 12.1. The lowest BCUT2D eigenvalue weighted by Gasteiger charge is -2.15. The predicted molar refractivity (Wildman–Crippen MR) is 94.3 cm³/mol. The first kappa shape index (κ1) is 17.9. The normalized spacial score (nSPS) is 11.4. The number of hydrogen-bond acceptors (Lipinski definition) is 5. The topological polar surface area (TPSA) is 57.9 Å². The molecule has 0 spiro atoms. The van der Waals surface area contributed by atoms with Gasteiger partial charge in [0, 0.05) is 6.07 Å². The summed E-state index contributed by atoms with van der Waals surface area (Å²) >= 11 is 0. The first-order chi connectivity index (χ1) is 11.6. The van der Waals surface area contributed by atoms with Crippen LogP contribution in [0.5, 0.6) is 17.2 Å². The van der Waals surface area contributed by atoms with Crippen LogP contribution in [0.3, 0.4) is 0 Å².